The molecule has 1 heterocycles. The number of hydrogen-bond donors (Lipinski definition) is 1. The number of carbonyl (C=O) groups excluding carboxylic acids is 2. The maximum atomic E-state index is 12.6. The van der Waals surface area contributed by atoms with Gasteiger partial charge in [-0.25, -0.2) is 8.42 Å². The Kier molecular flexibility index (Phi) is 7.28. The molecular formula is C21H20ClN3O5S. The first-order chi connectivity index (χ1) is 14.8. The van der Waals surface area contributed by atoms with E-state index in [4.69, 9.17) is 21.6 Å². The average Bonchev–Trinajstić information content (AvgIpc) is 2.78. The Labute approximate surface area is 185 Å². The molecule has 2 aromatic rings. The van der Waals surface area contributed by atoms with Crippen molar-refractivity contribution in [1.29, 1.82) is 5.26 Å². The Balaban J connectivity index is 1.47. The zero-order valence-electron chi connectivity index (χ0n) is 16.5. The van der Waals surface area contributed by atoms with Gasteiger partial charge in [0.25, 0.3) is 5.91 Å². The second kappa shape index (κ2) is 9.92. The van der Waals surface area contributed by atoms with E-state index in [9.17, 15) is 18.0 Å². The van der Waals surface area contributed by atoms with Crippen LogP contribution in [0.15, 0.2) is 53.4 Å². The van der Waals surface area contributed by atoms with Crippen LogP contribution in [0.1, 0.15) is 18.4 Å². The van der Waals surface area contributed by atoms with Crippen molar-refractivity contribution < 1.29 is 22.7 Å². The van der Waals surface area contributed by atoms with E-state index in [-0.39, 0.29) is 28.6 Å². The maximum absolute atomic E-state index is 12.6. The molecule has 0 spiro atoms. The summed E-state index contributed by atoms with van der Waals surface area (Å²) in [5.41, 5.74) is 0.663. The molecule has 31 heavy (non-hydrogen) atoms. The molecule has 1 aliphatic heterocycles. The number of anilines is 1. The lowest BCUT2D eigenvalue weighted by molar-refractivity contribution is -0.152. The van der Waals surface area contributed by atoms with Crippen molar-refractivity contribution in [2.24, 2.45) is 5.92 Å². The molecule has 1 saturated heterocycles. The second-order valence-electron chi connectivity index (χ2n) is 6.95. The monoisotopic (exact) mass is 461 g/mol. The van der Waals surface area contributed by atoms with E-state index in [0.29, 0.717) is 18.5 Å². The zero-order valence-corrected chi connectivity index (χ0v) is 18.0. The van der Waals surface area contributed by atoms with Crippen LogP contribution in [0, 0.1) is 17.2 Å². The molecule has 1 aliphatic rings. The van der Waals surface area contributed by atoms with Crippen LogP contribution in [-0.4, -0.2) is 44.3 Å². The predicted molar refractivity (Wildman–Crippen MR) is 114 cm³/mol. The smallest absolute Gasteiger partial charge is 0.309 e. The molecular weight excluding hydrogens is 442 g/mol. The SMILES string of the molecule is N#Cc1ccc(NC(=O)COC(=O)C2CCN(S(=O)(=O)c3ccccc3)CC2)cc1Cl. The molecule has 10 heteroatoms. The number of benzene rings is 2. The van der Waals surface area contributed by atoms with Crippen LogP contribution in [0.5, 0.6) is 0 Å². The summed E-state index contributed by atoms with van der Waals surface area (Å²) in [4.78, 5) is 24.5. The van der Waals surface area contributed by atoms with Gasteiger partial charge in [-0.3, -0.25) is 9.59 Å². The Hall–Kier alpha value is -2.93. The van der Waals surface area contributed by atoms with E-state index in [1.165, 1.54) is 34.6 Å². The third-order valence-corrected chi connectivity index (χ3v) is 7.11. The van der Waals surface area contributed by atoms with E-state index in [2.05, 4.69) is 5.32 Å². The Morgan fingerprint density at radius 2 is 1.84 bits per heavy atom. The zero-order chi connectivity index (χ0) is 22.4. The number of ether oxygens (including phenoxy) is 1. The lowest BCUT2D eigenvalue weighted by Gasteiger charge is -2.30. The molecule has 2 aromatic carbocycles. The largest absolute Gasteiger partial charge is 0.455 e. The third-order valence-electron chi connectivity index (χ3n) is 4.89. The van der Waals surface area contributed by atoms with Crippen LogP contribution in [-0.2, 0) is 24.3 Å². The fraction of sp³-hybridized carbons (Fsp3) is 0.286. The van der Waals surface area contributed by atoms with E-state index >= 15 is 0 Å². The highest BCUT2D eigenvalue weighted by Gasteiger charge is 2.32. The van der Waals surface area contributed by atoms with Gasteiger partial charge in [0.2, 0.25) is 10.0 Å². The summed E-state index contributed by atoms with van der Waals surface area (Å²) >= 11 is 5.92. The van der Waals surface area contributed by atoms with E-state index < -0.39 is 34.4 Å². The van der Waals surface area contributed by atoms with Crippen LogP contribution >= 0.6 is 11.6 Å². The first-order valence-electron chi connectivity index (χ1n) is 9.52. The molecule has 162 valence electrons. The average molecular weight is 462 g/mol. The van der Waals surface area contributed by atoms with Crippen LogP contribution in [0.2, 0.25) is 5.02 Å². The van der Waals surface area contributed by atoms with Crippen LogP contribution in [0.25, 0.3) is 0 Å². The van der Waals surface area contributed by atoms with E-state index in [0.717, 1.165) is 0 Å². The molecule has 1 fully saturated rings. The van der Waals surface area contributed by atoms with Gasteiger partial charge in [0.1, 0.15) is 6.07 Å². The standard InChI is InChI=1S/C21H20ClN3O5S/c22-19-12-17(7-6-16(19)13-23)24-20(26)14-30-21(27)15-8-10-25(11-9-15)31(28,29)18-4-2-1-3-5-18/h1-7,12,15H,8-11,14H2,(H,24,26). The highest BCUT2D eigenvalue weighted by molar-refractivity contribution is 7.89. The van der Waals surface area contributed by atoms with Crippen molar-refractivity contribution in [1.82, 2.24) is 4.31 Å². The van der Waals surface area contributed by atoms with Crippen LogP contribution in [0.3, 0.4) is 0 Å². The van der Waals surface area contributed by atoms with Crippen molar-refractivity contribution in [3.8, 4) is 6.07 Å². The first kappa shape index (κ1) is 22.7. The van der Waals surface area contributed by atoms with Gasteiger partial charge in [-0.2, -0.15) is 9.57 Å². The van der Waals surface area contributed by atoms with Gasteiger partial charge in [-0.15, -0.1) is 0 Å². The number of carbonyl (C=O) groups is 2. The Morgan fingerprint density at radius 1 is 1.16 bits per heavy atom. The summed E-state index contributed by atoms with van der Waals surface area (Å²) in [6.45, 7) is -0.0706. The molecule has 0 aliphatic carbocycles. The molecule has 3 rings (SSSR count). The summed E-state index contributed by atoms with van der Waals surface area (Å²) in [7, 11) is -3.59. The number of amides is 1. The summed E-state index contributed by atoms with van der Waals surface area (Å²) < 4.78 is 31.7. The molecule has 0 radical (unpaired) electrons. The molecule has 1 N–H and O–H groups in total. The molecule has 0 bridgehead atoms. The minimum Gasteiger partial charge on any atom is -0.455 e. The summed E-state index contributed by atoms with van der Waals surface area (Å²) in [5, 5.41) is 11.6. The van der Waals surface area contributed by atoms with E-state index in [1.807, 2.05) is 6.07 Å². The van der Waals surface area contributed by atoms with Gasteiger partial charge < -0.3 is 10.1 Å². The van der Waals surface area contributed by atoms with Gasteiger partial charge in [0, 0.05) is 18.8 Å². The third kappa shape index (κ3) is 5.61. The fourth-order valence-electron chi connectivity index (χ4n) is 3.21. The normalized spacial score (nSPS) is 15.1. The fourth-order valence-corrected chi connectivity index (χ4v) is 4.92. The minimum absolute atomic E-state index is 0.201. The molecule has 0 aromatic heterocycles. The van der Waals surface area contributed by atoms with Crippen LogP contribution < -0.4 is 5.32 Å². The number of esters is 1. The van der Waals surface area contributed by atoms with Crippen molar-refractivity contribution in [3.63, 3.8) is 0 Å². The second-order valence-corrected chi connectivity index (χ2v) is 9.30. The van der Waals surface area contributed by atoms with Crippen molar-refractivity contribution in [2.45, 2.75) is 17.7 Å². The Bertz CT molecular complexity index is 1110. The van der Waals surface area contributed by atoms with Gasteiger partial charge in [0.15, 0.2) is 6.61 Å². The summed E-state index contributed by atoms with van der Waals surface area (Å²) in [5.74, 6) is -1.55. The lowest BCUT2D eigenvalue weighted by Crippen LogP contribution is -2.40. The van der Waals surface area contributed by atoms with Crippen LogP contribution in [0.4, 0.5) is 5.69 Å². The molecule has 0 unspecified atom stereocenters. The number of nitrogens with zero attached hydrogens (tertiary/aromatic N) is 2. The molecule has 0 saturated carbocycles. The first-order valence-corrected chi connectivity index (χ1v) is 11.3. The number of halogens is 1. The Morgan fingerprint density at radius 3 is 2.45 bits per heavy atom. The predicted octanol–water partition coefficient (Wildman–Crippen LogP) is 2.79. The number of hydrogen-bond acceptors (Lipinski definition) is 6. The number of nitrogens with one attached hydrogen (secondary N) is 1. The van der Waals surface area contributed by atoms with Gasteiger partial charge in [-0.05, 0) is 43.2 Å². The molecule has 1 amide bonds. The minimum atomic E-state index is -3.59. The molecule has 0 atom stereocenters. The van der Waals surface area contributed by atoms with Gasteiger partial charge >= 0.3 is 5.97 Å². The van der Waals surface area contributed by atoms with Crippen molar-refractivity contribution in [2.75, 3.05) is 25.0 Å². The summed E-state index contributed by atoms with van der Waals surface area (Å²) in [6.07, 6.45) is 0.634. The van der Waals surface area contributed by atoms with Gasteiger partial charge in [0.05, 0.1) is 21.4 Å². The number of rotatable bonds is 6. The number of nitriles is 1. The number of piperidine rings is 1. The van der Waals surface area contributed by atoms with Crippen molar-refractivity contribution in [3.05, 3.63) is 59.1 Å². The van der Waals surface area contributed by atoms with Gasteiger partial charge in [-0.1, -0.05) is 29.8 Å². The highest BCUT2D eigenvalue weighted by atomic mass is 35.5. The lowest BCUT2D eigenvalue weighted by atomic mass is 9.98. The topological polar surface area (TPSA) is 117 Å². The quantitative estimate of drug-likeness (QED) is 0.661. The van der Waals surface area contributed by atoms with Crippen molar-refractivity contribution >= 4 is 39.2 Å². The maximum Gasteiger partial charge on any atom is 0.309 e. The highest BCUT2D eigenvalue weighted by Crippen LogP contribution is 2.25. The van der Waals surface area contributed by atoms with E-state index in [1.54, 1.807) is 18.2 Å². The number of sulfonamides is 1. The summed E-state index contributed by atoms with van der Waals surface area (Å²) in [6, 6.07) is 14.5. The molecule has 8 nitrogen and oxygen atoms in total.